The van der Waals surface area contributed by atoms with Gasteiger partial charge in [-0.2, -0.15) is 0 Å². The number of benzene rings is 2. The number of amides is 1. The second-order valence-electron chi connectivity index (χ2n) is 4.49. The predicted molar refractivity (Wildman–Crippen MR) is 82.1 cm³/mol. The van der Waals surface area contributed by atoms with Crippen molar-refractivity contribution in [2.75, 3.05) is 24.8 Å². The maximum Gasteiger partial charge on any atom is 0.250 e. The van der Waals surface area contributed by atoms with Crippen LogP contribution in [0.2, 0.25) is 0 Å². The van der Waals surface area contributed by atoms with Gasteiger partial charge in [0.05, 0.1) is 19.4 Å². The standard InChI is InChI=1S/C16H18N2O3/c1-20-15-9-13(17)7-8-14(15)18-16(19)11-21-10-12-5-3-2-4-6-12/h2-9H,10-11,17H2,1H3,(H,18,19). The monoisotopic (exact) mass is 286 g/mol. The SMILES string of the molecule is COc1cc(N)ccc1NC(=O)COCc1ccccc1. The van der Waals surface area contributed by atoms with Crippen LogP contribution < -0.4 is 15.8 Å². The highest BCUT2D eigenvalue weighted by Gasteiger charge is 2.08. The van der Waals surface area contributed by atoms with E-state index in [1.807, 2.05) is 30.3 Å². The van der Waals surface area contributed by atoms with Crippen LogP contribution in [0.15, 0.2) is 48.5 Å². The first-order valence-electron chi connectivity index (χ1n) is 6.54. The second kappa shape index (κ2) is 7.31. The minimum absolute atomic E-state index is 0.0254. The molecule has 0 atom stereocenters. The molecule has 2 aromatic rings. The molecule has 0 fully saturated rings. The molecular formula is C16H18N2O3. The van der Waals surface area contributed by atoms with Crippen molar-refractivity contribution in [2.24, 2.45) is 0 Å². The summed E-state index contributed by atoms with van der Waals surface area (Å²) in [6.07, 6.45) is 0. The van der Waals surface area contributed by atoms with E-state index in [0.717, 1.165) is 5.56 Å². The lowest BCUT2D eigenvalue weighted by molar-refractivity contribution is -0.121. The van der Waals surface area contributed by atoms with Crippen LogP contribution in [-0.2, 0) is 16.1 Å². The lowest BCUT2D eigenvalue weighted by Gasteiger charge is -2.11. The number of ether oxygens (including phenoxy) is 2. The molecule has 5 heteroatoms. The lowest BCUT2D eigenvalue weighted by Crippen LogP contribution is -2.18. The smallest absolute Gasteiger partial charge is 0.250 e. The number of rotatable bonds is 6. The summed E-state index contributed by atoms with van der Waals surface area (Å²) in [4.78, 5) is 11.8. The van der Waals surface area contributed by atoms with E-state index in [-0.39, 0.29) is 12.5 Å². The first-order chi connectivity index (χ1) is 10.2. The number of carbonyl (C=O) groups excluding carboxylic acids is 1. The predicted octanol–water partition coefficient (Wildman–Crippen LogP) is 2.43. The number of hydrogen-bond acceptors (Lipinski definition) is 4. The Morgan fingerprint density at radius 1 is 1.19 bits per heavy atom. The zero-order chi connectivity index (χ0) is 15.1. The third-order valence-corrected chi connectivity index (χ3v) is 2.84. The number of hydrogen-bond donors (Lipinski definition) is 2. The fourth-order valence-corrected chi connectivity index (χ4v) is 1.83. The average molecular weight is 286 g/mol. The van der Waals surface area contributed by atoms with Gasteiger partial charge in [-0.25, -0.2) is 0 Å². The zero-order valence-electron chi connectivity index (χ0n) is 11.8. The molecule has 0 aliphatic carbocycles. The van der Waals surface area contributed by atoms with E-state index in [4.69, 9.17) is 15.2 Å². The van der Waals surface area contributed by atoms with Crippen molar-refractivity contribution in [3.63, 3.8) is 0 Å². The Bertz CT molecular complexity index is 600. The van der Waals surface area contributed by atoms with Gasteiger partial charge < -0.3 is 20.5 Å². The molecule has 2 aromatic carbocycles. The van der Waals surface area contributed by atoms with Crippen molar-refractivity contribution in [3.8, 4) is 5.75 Å². The molecule has 2 rings (SSSR count). The van der Waals surface area contributed by atoms with Crippen molar-refractivity contribution in [3.05, 3.63) is 54.1 Å². The topological polar surface area (TPSA) is 73.6 Å². The quantitative estimate of drug-likeness (QED) is 0.800. The van der Waals surface area contributed by atoms with Gasteiger partial charge in [0.1, 0.15) is 12.4 Å². The summed E-state index contributed by atoms with van der Waals surface area (Å²) in [5.41, 5.74) is 7.83. The van der Waals surface area contributed by atoms with Crippen LogP contribution in [0.25, 0.3) is 0 Å². The Morgan fingerprint density at radius 3 is 2.67 bits per heavy atom. The highest BCUT2D eigenvalue weighted by Crippen LogP contribution is 2.26. The third-order valence-electron chi connectivity index (χ3n) is 2.84. The lowest BCUT2D eigenvalue weighted by atomic mass is 10.2. The Balaban J connectivity index is 1.85. The molecule has 0 heterocycles. The first kappa shape index (κ1) is 14.9. The van der Waals surface area contributed by atoms with E-state index >= 15 is 0 Å². The van der Waals surface area contributed by atoms with Gasteiger partial charge in [0.2, 0.25) is 5.91 Å². The van der Waals surface area contributed by atoms with Crippen LogP contribution in [0.3, 0.4) is 0 Å². The van der Waals surface area contributed by atoms with Crippen molar-refractivity contribution >= 4 is 17.3 Å². The van der Waals surface area contributed by atoms with Crippen LogP contribution in [-0.4, -0.2) is 19.6 Å². The highest BCUT2D eigenvalue weighted by molar-refractivity contribution is 5.93. The molecule has 0 radical (unpaired) electrons. The van der Waals surface area contributed by atoms with Crippen molar-refractivity contribution in [2.45, 2.75) is 6.61 Å². The summed E-state index contributed by atoms with van der Waals surface area (Å²) < 4.78 is 10.5. The van der Waals surface area contributed by atoms with Crippen molar-refractivity contribution in [1.82, 2.24) is 0 Å². The molecule has 0 spiro atoms. The summed E-state index contributed by atoms with van der Waals surface area (Å²) in [7, 11) is 1.52. The summed E-state index contributed by atoms with van der Waals surface area (Å²) in [6.45, 7) is 0.371. The summed E-state index contributed by atoms with van der Waals surface area (Å²) >= 11 is 0. The maximum absolute atomic E-state index is 11.8. The number of methoxy groups -OCH3 is 1. The molecule has 0 aromatic heterocycles. The molecule has 110 valence electrons. The average Bonchev–Trinajstić information content (AvgIpc) is 2.50. The molecular weight excluding hydrogens is 268 g/mol. The fraction of sp³-hybridized carbons (Fsp3) is 0.188. The normalized spacial score (nSPS) is 10.1. The Kier molecular flexibility index (Phi) is 5.17. The summed E-state index contributed by atoms with van der Waals surface area (Å²) in [6, 6.07) is 14.7. The Labute approximate surface area is 123 Å². The van der Waals surface area contributed by atoms with Crippen molar-refractivity contribution in [1.29, 1.82) is 0 Å². The van der Waals surface area contributed by atoms with Crippen LogP contribution in [0.5, 0.6) is 5.75 Å². The van der Waals surface area contributed by atoms with E-state index in [1.165, 1.54) is 7.11 Å². The molecule has 0 bridgehead atoms. The van der Waals surface area contributed by atoms with Crippen LogP contribution in [0, 0.1) is 0 Å². The zero-order valence-corrected chi connectivity index (χ0v) is 11.8. The summed E-state index contributed by atoms with van der Waals surface area (Å²) in [5, 5.41) is 2.73. The van der Waals surface area contributed by atoms with Gasteiger partial charge >= 0.3 is 0 Å². The number of anilines is 2. The molecule has 5 nitrogen and oxygen atoms in total. The van der Waals surface area contributed by atoms with E-state index in [0.29, 0.717) is 23.7 Å². The van der Waals surface area contributed by atoms with Gasteiger partial charge in [0.25, 0.3) is 0 Å². The van der Waals surface area contributed by atoms with E-state index in [9.17, 15) is 4.79 Å². The van der Waals surface area contributed by atoms with Gasteiger partial charge in [-0.3, -0.25) is 4.79 Å². The fourth-order valence-electron chi connectivity index (χ4n) is 1.83. The van der Waals surface area contributed by atoms with Gasteiger partial charge in [0.15, 0.2) is 0 Å². The first-order valence-corrected chi connectivity index (χ1v) is 6.54. The van der Waals surface area contributed by atoms with Crippen molar-refractivity contribution < 1.29 is 14.3 Å². The van der Waals surface area contributed by atoms with Crippen LogP contribution in [0.4, 0.5) is 11.4 Å². The number of nitrogen functional groups attached to an aromatic ring is 1. The van der Waals surface area contributed by atoms with E-state index < -0.39 is 0 Å². The minimum atomic E-state index is -0.242. The number of nitrogens with one attached hydrogen (secondary N) is 1. The highest BCUT2D eigenvalue weighted by atomic mass is 16.5. The molecule has 1 amide bonds. The molecule has 0 unspecified atom stereocenters. The Morgan fingerprint density at radius 2 is 1.95 bits per heavy atom. The van der Waals surface area contributed by atoms with Gasteiger partial charge in [-0.15, -0.1) is 0 Å². The molecule has 0 saturated carbocycles. The number of carbonyl (C=O) groups is 1. The van der Waals surface area contributed by atoms with Gasteiger partial charge in [-0.05, 0) is 17.7 Å². The molecule has 0 aliphatic rings. The van der Waals surface area contributed by atoms with Crippen LogP contribution in [0.1, 0.15) is 5.56 Å². The minimum Gasteiger partial charge on any atom is -0.494 e. The maximum atomic E-state index is 11.8. The molecule has 0 aliphatic heterocycles. The summed E-state index contributed by atoms with van der Waals surface area (Å²) in [5.74, 6) is 0.278. The third kappa shape index (κ3) is 4.50. The molecule has 21 heavy (non-hydrogen) atoms. The second-order valence-corrected chi connectivity index (χ2v) is 4.49. The molecule has 3 N–H and O–H groups in total. The van der Waals surface area contributed by atoms with E-state index in [2.05, 4.69) is 5.32 Å². The van der Waals surface area contributed by atoms with Crippen LogP contribution >= 0.6 is 0 Å². The van der Waals surface area contributed by atoms with Gasteiger partial charge in [-0.1, -0.05) is 30.3 Å². The largest absolute Gasteiger partial charge is 0.494 e. The Hall–Kier alpha value is -2.53. The van der Waals surface area contributed by atoms with E-state index in [1.54, 1.807) is 18.2 Å². The number of nitrogens with two attached hydrogens (primary N) is 1. The molecule has 0 saturated heterocycles. The van der Waals surface area contributed by atoms with Gasteiger partial charge in [0, 0.05) is 11.8 Å².